The zero-order chi connectivity index (χ0) is 22.3. The summed E-state index contributed by atoms with van der Waals surface area (Å²) in [5.74, 6) is -0.813. The van der Waals surface area contributed by atoms with Gasteiger partial charge in [0.1, 0.15) is 5.70 Å². The molecule has 0 bridgehead atoms. The van der Waals surface area contributed by atoms with Gasteiger partial charge in [0.25, 0.3) is 11.8 Å². The number of anilines is 2. The van der Waals surface area contributed by atoms with Crippen molar-refractivity contribution in [2.75, 3.05) is 16.8 Å². The summed E-state index contributed by atoms with van der Waals surface area (Å²) in [4.78, 5) is 30.3. The number of likely N-dealkylation sites (N-methyl/N-ethyl adjacent to an activating group) is 1. The number of carbonyl (C=O) groups excluding carboxylic acids is 2. The molecular weight excluding hydrogens is 431 g/mol. The molecule has 3 aromatic carbocycles. The van der Waals surface area contributed by atoms with Crippen LogP contribution in [0.5, 0.6) is 0 Å². The van der Waals surface area contributed by atoms with E-state index in [-0.39, 0.29) is 11.3 Å². The van der Waals surface area contributed by atoms with Crippen molar-refractivity contribution >= 4 is 52.0 Å². The smallest absolute Gasteiger partial charge is 0.282 e. The molecule has 3 aromatic rings. The molecule has 156 valence electrons. The lowest BCUT2D eigenvalue weighted by molar-refractivity contribution is -0.120. The fourth-order valence-corrected chi connectivity index (χ4v) is 4.23. The van der Waals surface area contributed by atoms with Gasteiger partial charge in [-0.15, -0.1) is 0 Å². The Hall–Kier alpha value is -3.08. The van der Waals surface area contributed by atoms with Crippen LogP contribution in [0.4, 0.5) is 11.4 Å². The van der Waals surface area contributed by atoms with E-state index in [1.165, 1.54) is 4.90 Å². The van der Waals surface area contributed by atoms with Gasteiger partial charge >= 0.3 is 0 Å². The highest BCUT2D eigenvalue weighted by molar-refractivity contribution is 6.48. The lowest BCUT2D eigenvalue weighted by atomic mass is 10.0. The minimum Gasteiger partial charge on any atom is -0.339 e. The minimum absolute atomic E-state index is 0.249. The zero-order valence-corrected chi connectivity index (χ0v) is 18.8. The molecule has 1 aliphatic rings. The van der Waals surface area contributed by atoms with E-state index in [1.54, 1.807) is 30.1 Å². The second kappa shape index (κ2) is 8.22. The quantitative estimate of drug-likeness (QED) is 0.455. The van der Waals surface area contributed by atoms with E-state index in [4.69, 9.17) is 23.2 Å². The fourth-order valence-electron chi connectivity index (χ4n) is 3.72. The number of halogens is 2. The van der Waals surface area contributed by atoms with Gasteiger partial charge in [-0.25, -0.2) is 4.90 Å². The van der Waals surface area contributed by atoms with E-state index in [2.05, 4.69) is 0 Å². The predicted octanol–water partition coefficient (Wildman–Crippen LogP) is 6.03. The number of para-hydroxylation sites is 1. The van der Waals surface area contributed by atoms with Crippen LogP contribution in [0.3, 0.4) is 0 Å². The predicted molar refractivity (Wildman–Crippen MR) is 127 cm³/mol. The van der Waals surface area contributed by atoms with Gasteiger partial charge in [0.05, 0.1) is 16.3 Å². The van der Waals surface area contributed by atoms with Crippen LogP contribution in [-0.4, -0.2) is 18.9 Å². The van der Waals surface area contributed by atoms with E-state index in [0.717, 1.165) is 16.8 Å². The summed E-state index contributed by atoms with van der Waals surface area (Å²) in [6.07, 6.45) is 0. The van der Waals surface area contributed by atoms with Gasteiger partial charge in [-0.2, -0.15) is 0 Å². The molecular formula is C25H20Cl2N2O2. The van der Waals surface area contributed by atoms with Crippen LogP contribution in [0.2, 0.25) is 10.0 Å². The van der Waals surface area contributed by atoms with Crippen molar-refractivity contribution in [1.29, 1.82) is 0 Å². The number of carbonyl (C=O) groups is 2. The van der Waals surface area contributed by atoms with Crippen LogP contribution in [-0.2, 0) is 9.59 Å². The molecule has 31 heavy (non-hydrogen) atoms. The summed E-state index contributed by atoms with van der Waals surface area (Å²) in [5, 5.41) is 0.765. The van der Waals surface area contributed by atoms with Crippen molar-refractivity contribution < 1.29 is 9.59 Å². The van der Waals surface area contributed by atoms with Gasteiger partial charge in [0.2, 0.25) is 0 Å². The van der Waals surface area contributed by atoms with Gasteiger partial charge in [0, 0.05) is 23.3 Å². The first-order valence-electron chi connectivity index (χ1n) is 9.74. The first-order valence-corrected chi connectivity index (χ1v) is 10.5. The normalized spacial score (nSPS) is 13.9. The van der Waals surface area contributed by atoms with E-state index in [1.807, 2.05) is 62.4 Å². The molecule has 0 saturated carbocycles. The fraction of sp³-hybridized carbons (Fsp3) is 0.120. The molecule has 1 heterocycles. The Morgan fingerprint density at radius 1 is 0.839 bits per heavy atom. The van der Waals surface area contributed by atoms with Crippen LogP contribution in [0.25, 0.3) is 5.57 Å². The second-order valence-electron chi connectivity index (χ2n) is 7.48. The highest BCUT2D eigenvalue weighted by Gasteiger charge is 2.43. The molecule has 6 heteroatoms. The van der Waals surface area contributed by atoms with Gasteiger partial charge in [-0.3, -0.25) is 9.59 Å². The maximum atomic E-state index is 13.7. The third-order valence-corrected chi connectivity index (χ3v) is 5.89. The van der Waals surface area contributed by atoms with Crippen LogP contribution < -0.4 is 9.80 Å². The first-order chi connectivity index (χ1) is 14.8. The molecule has 0 atom stereocenters. The van der Waals surface area contributed by atoms with Crippen molar-refractivity contribution in [1.82, 2.24) is 0 Å². The van der Waals surface area contributed by atoms with Crippen molar-refractivity contribution in [2.45, 2.75) is 13.8 Å². The lowest BCUT2D eigenvalue weighted by Gasteiger charge is -2.22. The van der Waals surface area contributed by atoms with Crippen molar-refractivity contribution in [3.05, 3.63) is 99.2 Å². The van der Waals surface area contributed by atoms with Crippen LogP contribution in [0.1, 0.15) is 16.7 Å². The maximum Gasteiger partial charge on any atom is 0.282 e. The summed E-state index contributed by atoms with van der Waals surface area (Å²) < 4.78 is 0. The molecule has 0 unspecified atom stereocenters. The van der Waals surface area contributed by atoms with Gasteiger partial charge in [-0.1, -0.05) is 59.6 Å². The third kappa shape index (κ3) is 3.73. The largest absolute Gasteiger partial charge is 0.339 e. The summed E-state index contributed by atoms with van der Waals surface area (Å²) in [6, 6.07) is 20.0. The Morgan fingerprint density at radius 2 is 1.55 bits per heavy atom. The van der Waals surface area contributed by atoms with Crippen molar-refractivity contribution in [3.63, 3.8) is 0 Å². The number of hydrogen-bond donors (Lipinski definition) is 0. The summed E-state index contributed by atoms with van der Waals surface area (Å²) >= 11 is 12.5. The number of hydrogen-bond acceptors (Lipinski definition) is 3. The van der Waals surface area contributed by atoms with Crippen molar-refractivity contribution in [3.8, 4) is 0 Å². The summed E-state index contributed by atoms with van der Waals surface area (Å²) in [6.45, 7) is 3.80. The van der Waals surface area contributed by atoms with E-state index < -0.39 is 11.8 Å². The van der Waals surface area contributed by atoms with E-state index >= 15 is 0 Å². The third-order valence-electron chi connectivity index (χ3n) is 5.34. The summed E-state index contributed by atoms with van der Waals surface area (Å²) in [7, 11) is 1.77. The Morgan fingerprint density at radius 3 is 2.23 bits per heavy atom. The maximum absolute atomic E-state index is 13.7. The zero-order valence-electron chi connectivity index (χ0n) is 17.3. The van der Waals surface area contributed by atoms with Crippen LogP contribution in [0.15, 0.2) is 72.4 Å². The molecule has 0 radical (unpaired) electrons. The average molecular weight is 451 g/mol. The standard InChI is InChI=1S/C25H20Cl2N2O2/c1-15-9-10-16(2)21(13-15)29-24(30)22(19-12-11-17(26)14-20(19)27)23(25(29)31)28(3)18-7-5-4-6-8-18/h4-14H,1-3H3. The van der Waals surface area contributed by atoms with E-state index in [9.17, 15) is 9.59 Å². The van der Waals surface area contributed by atoms with Crippen LogP contribution >= 0.6 is 23.2 Å². The molecule has 4 nitrogen and oxygen atoms in total. The monoisotopic (exact) mass is 450 g/mol. The molecule has 0 saturated heterocycles. The number of rotatable bonds is 4. The second-order valence-corrected chi connectivity index (χ2v) is 8.32. The number of nitrogens with zero attached hydrogens (tertiary/aromatic N) is 2. The van der Waals surface area contributed by atoms with Gasteiger partial charge in [0.15, 0.2) is 0 Å². The number of aryl methyl sites for hydroxylation is 2. The Balaban J connectivity index is 1.94. The number of imide groups is 1. The Labute approximate surface area is 191 Å². The molecule has 0 spiro atoms. The average Bonchev–Trinajstić information content (AvgIpc) is 3.00. The van der Waals surface area contributed by atoms with Crippen LogP contribution in [0, 0.1) is 13.8 Å². The number of benzene rings is 3. The summed E-state index contributed by atoms with van der Waals surface area (Å²) in [5.41, 5.74) is 4.11. The highest BCUT2D eigenvalue weighted by atomic mass is 35.5. The number of amides is 2. The molecule has 0 N–H and O–H groups in total. The molecule has 1 aliphatic heterocycles. The first kappa shape index (κ1) is 21.2. The minimum atomic E-state index is -0.416. The lowest BCUT2D eigenvalue weighted by Crippen LogP contribution is -2.34. The van der Waals surface area contributed by atoms with Gasteiger partial charge in [-0.05, 0) is 55.3 Å². The van der Waals surface area contributed by atoms with E-state index in [0.29, 0.717) is 21.3 Å². The molecule has 4 rings (SSSR count). The molecule has 0 aliphatic carbocycles. The Bertz CT molecular complexity index is 1240. The highest BCUT2D eigenvalue weighted by Crippen LogP contribution is 2.40. The topological polar surface area (TPSA) is 40.6 Å². The van der Waals surface area contributed by atoms with Gasteiger partial charge < -0.3 is 4.90 Å². The molecule has 0 aromatic heterocycles. The molecule has 0 fully saturated rings. The molecule has 2 amide bonds. The van der Waals surface area contributed by atoms with Crippen molar-refractivity contribution in [2.24, 2.45) is 0 Å². The Kier molecular flexibility index (Phi) is 5.61. The SMILES string of the molecule is Cc1ccc(C)c(N2C(=O)C(c3ccc(Cl)cc3Cl)=C(N(C)c3ccccc3)C2=O)c1.